The van der Waals surface area contributed by atoms with Crippen LogP contribution in [0.5, 0.6) is 0 Å². The van der Waals surface area contributed by atoms with Gasteiger partial charge in [0, 0.05) is 0 Å². The molecule has 0 aliphatic heterocycles. The normalized spacial score (nSPS) is 11.8. The van der Waals surface area contributed by atoms with Crippen molar-refractivity contribution in [3.8, 4) is 0 Å². The van der Waals surface area contributed by atoms with Gasteiger partial charge in [-0.2, -0.15) is 0 Å². The number of nitrogens with two attached hydrogens (primary N) is 1. The van der Waals surface area contributed by atoms with Gasteiger partial charge in [0.25, 0.3) is 0 Å². The summed E-state index contributed by atoms with van der Waals surface area (Å²) in [6.45, 7) is -0.150. The molecule has 1 unspecified atom stereocenters. The average Bonchev–Trinajstić information content (AvgIpc) is 2.28. The number of carbonyl (C=O) groups excluding carboxylic acids is 1. The molecule has 0 saturated carbocycles. The number of hydrogen-bond donors (Lipinski definition) is 3. The molecule has 0 fully saturated rings. The maximum absolute atomic E-state index is 11.1. The number of nitrogens with one attached hydrogen (secondary N) is 1. The highest BCUT2D eigenvalue weighted by atomic mass is 16.4. The van der Waals surface area contributed by atoms with E-state index in [1.807, 2.05) is 6.07 Å². The van der Waals surface area contributed by atoms with Crippen LogP contribution in [0.2, 0.25) is 0 Å². The van der Waals surface area contributed by atoms with E-state index >= 15 is 0 Å². The third kappa shape index (κ3) is 3.70. The summed E-state index contributed by atoms with van der Waals surface area (Å²) >= 11 is 0. The molecule has 1 aromatic rings. The Morgan fingerprint density at radius 2 is 1.94 bits per heavy atom. The van der Waals surface area contributed by atoms with E-state index in [1.165, 1.54) is 0 Å². The van der Waals surface area contributed by atoms with Crippen LogP contribution in [0.1, 0.15) is 18.0 Å². The molecule has 0 radical (unpaired) electrons. The smallest absolute Gasteiger partial charge is 0.305 e. The molecule has 16 heavy (non-hydrogen) atoms. The lowest BCUT2D eigenvalue weighted by Gasteiger charge is -2.16. The van der Waals surface area contributed by atoms with Crippen molar-refractivity contribution < 1.29 is 14.7 Å². The molecule has 4 N–H and O–H groups in total. The number of aliphatic carboxylic acids is 1. The number of carboxylic acid groups (broad SMARTS) is 1. The lowest BCUT2D eigenvalue weighted by molar-refractivity contribution is -0.137. The van der Waals surface area contributed by atoms with Crippen molar-refractivity contribution in [1.29, 1.82) is 0 Å². The van der Waals surface area contributed by atoms with Crippen molar-refractivity contribution in [3.63, 3.8) is 0 Å². The first-order valence-corrected chi connectivity index (χ1v) is 4.89. The van der Waals surface area contributed by atoms with Gasteiger partial charge in [-0.3, -0.25) is 9.59 Å². The van der Waals surface area contributed by atoms with Crippen molar-refractivity contribution in [2.75, 3.05) is 6.54 Å². The molecule has 1 aromatic carbocycles. The predicted molar refractivity (Wildman–Crippen MR) is 58.6 cm³/mol. The molecule has 1 atom stereocenters. The van der Waals surface area contributed by atoms with Crippen LogP contribution in [-0.4, -0.2) is 23.5 Å². The molecule has 0 aromatic heterocycles. The lowest BCUT2D eigenvalue weighted by Crippen LogP contribution is -2.34. The van der Waals surface area contributed by atoms with Gasteiger partial charge < -0.3 is 16.2 Å². The van der Waals surface area contributed by atoms with E-state index in [1.54, 1.807) is 24.3 Å². The van der Waals surface area contributed by atoms with Gasteiger partial charge in [0.15, 0.2) is 0 Å². The average molecular weight is 222 g/mol. The molecule has 5 heteroatoms. The molecular formula is C11H14N2O3. The van der Waals surface area contributed by atoms with E-state index < -0.39 is 12.0 Å². The van der Waals surface area contributed by atoms with Crippen LogP contribution in [0.3, 0.4) is 0 Å². The zero-order valence-electron chi connectivity index (χ0n) is 8.72. The molecule has 0 aliphatic rings. The van der Waals surface area contributed by atoms with Crippen LogP contribution >= 0.6 is 0 Å². The van der Waals surface area contributed by atoms with Gasteiger partial charge in [-0.25, -0.2) is 0 Å². The monoisotopic (exact) mass is 222 g/mol. The molecule has 0 saturated heterocycles. The summed E-state index contributed by atoms with van der Waals surface area (Å²) in [4.78, 5) is 21.8. The van der Waals surface area contributed by atoms with Crippen molar-refractivity contribution in [2.24, 2.45) is 5.73 Å². The zero-order chi connectivity index (χ0) is 12.0. The molecule has 0 bridgehead atoms. The summed E-state index contributed by atoms with van der Waals surface area (Å²) in [6, 6.07) is 8.41. The van der Waals surface area contributed by atoms with Crippen molar-refractivity contribution in [2.45, 2.75) is 12.5 Å². The fraction of sp³-hybridized carbons (Fsp3) is 0.273. The summed E-state index contributed by atoms with van der Waals surface area (Å²) in [5, 5.41) is 11.3. The number of hydrogen-bond acceptors (Lipinski definition) is 3. The maximum atomic E-state index is 11.1. The Balaban J connectivity index is 2.79. The fourth-order valence-corrected chi connectivity index (χ4v) is 1.37. The van der Waals surface area contributed by atoms with Crippen molar-refractivity contribution in [1.82, 2.24) is 5.32 Å². The number of carbonyl (C=O) groups is 2. The third-order valence-electron chi connectivity index (χ3n) is 2.10. The van der Waals surface area contributed by atoms with Crippen LogP contribution in [-0.2, 0) is 9.59 Å². The number of amides is 1. The molecule has 5 nitrogen and oxygen atoms in total. The quantitative estimate of drug-likeness (QED) is 0.667. The Hall–Kier alpha value is -1.88. The van der Waals surface area contributed by atoms with Gasteiger partial charge in [0.1, 0.15) is 0 Å². The minimum absolute atomic E-state index is 0.150. The summed E-state index contributed by atoms with van der Waals surface area (Å²) < 4.78 is 0. The van der Waals surface area contributed by atoms with Gasteiger partial charge >= 0.3 is 5.97 Å². The second-order valence-electron chi connectivity index (χ2n) is 3.33. The maximum Gasteiger partial charge on any atom is 0.305 e. The number of rotatable bonds is 5. The Bertz CT molecular complexity index is 365. The lowest BCUT2D eigenvalue weighted by atomic mass is 10.0. The van der Waals surface area contributed by atoms with Crippen LogP contribution in [0.25, 0.3) is 0 Å². The first kappa shape index (κ1) is 12.2. The summed E-state index contributed by atoms with van der Waals surface area (Å²) in [7, 11) is 0. The molecule has 86 valence electrons. The fourth-order valence-electron chi connectivity index (χ4n) is 1.37. The Morgan fingerprint density at radius 3 is 2.44 bits per heavy atom. The molecular weight excluding hydrogens is 208 g/mol. The molecule has 0 spiro atoms. The van der Waals surface area contributed by atoms with Gasteiger partial charge in [-0.15, -0.1) is 0 Å². The van der Waals surface area contributed by atoms with Crippen LogP contribution in [0, 0.1) is 0 Å². The van der Waals surface area contributed by atoms with Crippen molar-refractivity contribution >= 4 is 11.9 Å². The first-order valence-electron chi connectivity index (χ1n) is 4.89. The SMILES string of the molecule is NCC(=O)NC(CC(=O)O)c1ccccc1. The van der Waals surface area contributed by atoms with Crippen LogP contribution in [0.15, 0.2) is 30.3 Å². The number of benzene rings is 1. The van der Waals surface area contributed by atoms with E-state index in [0.717, 1.165) is 5.56 Å². The second kappa shape index (κ2) is 5.87. The van der Waals surface area contributed by atoms with E-state index in [2.05, 4.69) is 5.32 Å². The van der Waals surface area contributed by atoms with E-state index in [0.29, 0.717) is 0 Å². The van der Waals surface area contributed by atoms with E-state index in [9.17, 15) is 9.59 Å². The van der Waals surface area contributed by atoms with Gasteiger partial charge in [-0.1, -0.05) is 30.3 Å². The molecule has 0 aliphatic carbocycles. The van der Waals surface area contributed by atoms with E-state index in [-0.39, 0.29) is 18.9 Å². The summed E-state index contributed by atoms with van der Waals surface area (Å²) in [5.74, 6) is -1.33. The zero-order valence-corrected chi connectivity index (χ0v) is 8.72. The Morgan fingerprint density at radius 1 is 1.31 bits per heavy atom. The minimum Gasteiger partial charge on any atom is -0.481 e. The Labute approximate surface area is 93.3 Å². The summed E-state index contributed by atoms with van der Waals surface area (Å²) in [6.07, 6.45) is -0.157. The molecule has 0 heterocycles. The topological polar surface area (TPSA) is 92.4 Å². The standard InChI is InChI=1S/C11H14N2O3/c12-7-10(14)13-9(6-11(15)16)8-4-2-1-3-5-8/h1-5,9H,6-7,12H2,(H,13,14)(H,15,16). The second-order valence-corrected chi connectivity index (χ2v) is 3.33. The Kier molecular flexibility index (Phi) is 4.47. The highest BCUT2D eigenvalue weighted by molar-refractivity contribution is 5.79. The van der Waals surface area contributed by atoms with Gasteiger partial charge in [0.05, 0.1) is 19.0 Å². The molecule has 1 rings (SSSR count). The van der Waals surface area contributed by atoms with Crippen LogP contribution in [0.4, 0.5) is 0 Å². The van der Waals surface area contributed by atoms with Gasteiger partial charge in [-0.05, 0) is 5.56 Å². The first-order chi connectivity index (χ1) is 7.63. The summed E-state index contributed by atoms with van der Waals surface area (Å²) in [5.41, 5.74) is 5.93. The van der Waals surface area contributed by atoms with Gasteiger partial charge in [0.2, 0.25) is 5.91 Å². The van der Waals surface area contributed by atoms with Crippen molar-refractivity contribution in [3.05, 3.63) is 35.9 Å². The minimum atomic E-state index is -0.967. The highest BCUT2D eigenvalue weighted by Crippen LogP contribution is 2.15. The third-order valence-corrected chi connectivity index (χ3v) is 2.10. The largest absolute Gasteiger partial charge is 0.481 e. The highest BCUT2D eigenvalue weighted by Gasteiger charge is 2.16. The van der Waals surface area contributed by atoms with E-state index in [4.69, 9.17) is 10.8 Å². The molecule has 1 amide bonds. The van der Waals surface area contributed by atoms with Crippen LogP contribution < -0.4 is 11.1 Å². The number of carboxylic acids is 1. The predicted octanol–water partition coefficient (Wildman–Crippen LogP) is 0.277.